The largest absolute Gasteiger partial charge is 0.481 e. The maximum Gasteiger partial charge on any atom is 0.303 e. The van der Waals surface area contributed by atoms with E-state index in [9.17, 15) is 4.79 Å². The number of carbonyl (C=O) groups is 1. The summed E-state index contributed by atoms with van der Waals surface area (Å²) in [5.41, 5.74) is 0.165. The zero-order valence-corrected chi connectivity index (χ0v) is 7.42. The van der Waals surface area contributed by atoms with Gasteiger partial charge in [0, 0.05) is 6.42 Å². The summed E-state index contributed by atoms with van der Waals surface area (Å²) in [4.78, 5) is 10.1. The van der Waals surface area contributed by atoms with Crippen LogP contribution in [0.25, 0.3) is 0 Å². The fourth-order valence-corrected chi connectivity index (χ4v) is 0.644. The van der Waals surface area contributed by atoms with Gasteiger partial charge in [-0.2, -0.15) is 0 Å². The Morgan fingerprint density at radius 1 is 1.45 bits per heavy atom. The van der Waals surface area contributed by atoms with Crippen LogP contribution in [0.5, 0.6) is 0 Å². The van der Waals surface area contributed by atoms with E-state index in [1.807, 2.05) is 12.2 Å². The molecular weight excluding hydrogens is 140 g/mol. The van der Waals surface area contributed by atoms with E-state index in [0.717, 1.165) is 0 Å². The maximum absolute atomic E-state index is 10.1. The Kier molecular flexibility index (Phi) is 3.86. The van der Waals surface area contributed by atoms with Crippen LogP contribution in [0.15, 0.2) is 12.2 Å². The first-order valence-electron chi connectivity index (χ1n) is 3.81. The Labute approximate surface area is 67.9 Å². The van der Waals surface area contributed by atoms with E-state index in [0.29, 0.717) is 6.42 Å². The molecule has 0 aliphatic carbocycles. The van der Waals surface area contributed by atoms with Crippen LogP contribution in [0, 0.1) is 5.41 Å². The van der Waals surface area contributed by atoms with Crippen LogP contribution in [0.3, 0.4) is 0 Å². The van der Waals surface area contributed by atoms with E-state index in [-0.39, 0.29) is 11.8 Å². The molecule has 0 saturated carbocycles. The molecule has 0 radical (unpaired) electrons. The summed E-state index contributed by atoms with van der Waals surface area (Å²) < 4.78 is 0. The predicted octanol–water partition coefficient (Wildman–Crippen LogP) is 2.45. The lowest BCUT2D eigenvalue weighted by Crippen LogP contribution is -1.99. The Morgan fingerprint density at radius 3 is 2.36 bits per heavy atom. The Bertz CT molecular complexity index is 151. The molecule has 0 unspecified atom stereocenters. The molecule has 2 nitrogen and oxygen atoms in total. The molecule has 2 heteroatoms. The van der Waals surface area contributed by atoms with Gasteiger partial charge in [-0.05, 0) is 11.8 Å². The third kappa shape index (κ3) is 9.21. The van der Waals surface area contributed by atoms with Crippen molar-refractivity contribution in [2.75, 3.05) is 0 Å². The van der Waals surface area contributed by atoms with Gasteiger partial charge in [-0.25, -0.2) is 0 Å². The summed E-state index contributed by atoms with van der Waals surface area (Å²) in [6.07, 6.45) is 4.82. The van der Waals surface area contributed by atoms with Crippen molar-refractivity contribution >= 4 is 5.97 Å². The number of aliphatic carboxylic acids is 1. The highest BCUT2D eigenvalue weighted by atomic mass is 16.4. The molecule has 0 aliphatic rings. The molecule has 0 aromatic rings. The van der Waals surface area contributed by atoms with Crippen molar-refractivity contribution < 1.29 is 9.90 Å². The topological polar surface area (TPSA) is 37.3 Å². The van der Waals surface area contributed by atoms with E-state index in [2.05, 4.69) is 20.8 Å². The fraction of sp³-hybridized carbons (Fsp3) is 0.667. The van der Waals surface area contributed by atoms with Gasteiger partial charge in [0.1, 0.15) is 0 Å². The minimum Gasteiger partial charge on any atom is -0.481 e. The molecule has 0 atom stereocenters. The number of carboxylic acid groups (broad SMARTS) is 1. The number of allylic oxidation sites excluding steroid dienone is 2. The quantitative estimate of drug-likeness (QED) is 0.637. The third-order valence-corrected chi connectivity index (χ3v) is 1.14. The lowest BCUT2D eigenvalue weighted by molar-refractivity contribution is -0.136. The number of hydrogen-bond acceptors (Lipinski definition) is 1. The minimum absolute atomic E-state index is 0.165. The summed E-state index contributed by atoms with van der Waals surface area (Å²) in [7, 11) is 0. The zero-order chi connectivity index (χ0) is 8.91. The molecule has 0 aromatic heterocycles. The molecule has 0 spiro atoms. The first-order chi connectivity index (χ1) is 4.92. The van der Waals surface area contributed by atoms with Gasteiger partial charge >= 0.3 is 5.97 Å². The highest BCUT2D eigenvalue weighted by Crippen LogP contribution is 2.14. The van der Waals surface area contributed by atoms with E-state index in [1.54, 1.807) is 0 Å². The molecule has 64 valence electrons. The molecule has 0 aromatic carbocycles. The van der Waals surface area contributed by atoms with Crippen molar-refractivity contribution in [3.05, 3.63) is 12.2 Å². The van der Waals surface area contributed by atoms with E-state index in [1.165, 1.54) is 0 Å². The summed E-state index contributed by atoms with van der Waals surface area (Å²) in [6.45, 7) is 6.26. The van der Waals surface area contributed by atoms with Gasteiger partial charge in [-0.1, -0.05) is 32.9 Å². The van der Waals surface area contributed by atoms with Gasteiger partial charge in [-0.3, -0.25) is 4.79 Å². The standard InChI is InChI=1S/C9H16O2/c1-9(2,3)7-5-4-6-8(10)11/h5,7H,4,6H2,1-3H3,(H,10,11)/b7-5-. The SMILES string of the molecule is CC(C)(C)/C=C\CCC(=O)O. The van der Waals surface area contributed by atoms with Crippen molar-refractivity contribution in [1.29, 1.82) is 0 Å². The second-order valence-corrected chi connectivity index (χ2v) is 3.70. The number of rotatable bonds is 3. The second-order valence-electron chi connectivity index (χ2n) is 3.70. The van der Waals surface area contributed by atoms with E-state index >= 15 is 0 Å². The smallest absolute Gasteiger partial charge is 0.303 e. The van der Waals surface area contributed by atoms with Gasteiger partial charge in [0.15, 0.2) is 0 Å². The number of hydrogen-bond donors (Lipinski definition) is 1. The lowest BCUT2D eigenvalue weighted by atomic mass is 9.96. The van der Waals surface area contributed by atoms with E-state index in [4.69, 9.17) is 5.11 Å². The van der Waals surface area contributed by atoms with Gasteiger partial charge in [-0.15, -0.1) is 0 Å². The summed E-state index contributed by atoms with van der Waals surface area (Å²) in [6, 6.07) is 0. The normalized spacial score (nSPS) is 12.3. The van der Waals surface area contributed by atoms with Crippen LogP contribution in [0.2, 0.25) is 0 Å². The van der Waals surface area contributed by atoms with Gasteiger partial charge in [0.2, 0.25) is 0 Å². The van der Waals surface area contributed by atoms with Crippen LogP contribution in [0.1, 0.15) is 33.6 Å². The average Bonchev–Trinajstić information content (AvgIpc) is 1.78. The zero-order valence-electron chi connectivity index (χ0n) is 7.42. The molecule has 0 heterocycles. The Morgan fingerprint density at radius 2 is 2.00 bits per heavy atom. The van der Waals surface area contributed by atoms with Gasteiger partial charge in [0.05, 0.1) is 0 Å². The first kappa shape index (κ1) is 10.2. The summed E-state index contributed by atoms with van der Waals surface area (Å²) in [5, 5.41) is 8.31. The van der Waals surface area contributed by atoms with Gasteiger partial charge < -0.3 is 5.11 Å². The molecule has 0 fully saturated rings. The molecular formula is C9H16O2. The lowest BCUT2D eigenvalue weighted by Gasteiger charge is -2.10. The minimum atomic E-state index is -0.733. The van der Waals surface area contributed by atoms with Crippen molar-refractivity contribution in [2.45, 2.75) is 33.6 Å². The second kappa shape index (κ2) is 4.16. The molecule has 1 N–H and O–H groups in total. The Balaban J connectivity index is 3.54. The highest BCUT2D eigenvalue weighted by molar-refractivity contribution is 5.66. The molecule has 11 heavy (non-hydrogen) atoms. The van der Waals surface area contributed by atoms with Crippen molar-refractivity contribution in [3.8, 4) is 0 Å². The third-order valence-electron chi connectivity index (χ3n) is 1.14. The predicted molar refractivity (Wildman–Crippen MR) is 45.5 cm³/mol. The number of carboxylic acids is 1. The summed E-state index contributed by atoms with van der Waals surface area (Å²) in [5.74, 6) is -0.733. The van der Waals surface area contributed by atoms with Gasteiger partial charge in [0.25, 0.3) is 0 Å². The summed E-state index contributed by atoms with van der Waals surface area (Å²) >= 11 is 0. The van der Waals surface area contributed by atoms with Crippen LogP contribution in [-0.4, -0.2) is 11.1 Å². The Hall–Kier alpha value is -0.790. The van der Waals surface area contributed by atoms with E-state index < -0.39 is 5.97 Å². The molecule has 0 rings (SSSR count). The van der Waals surface area contributed by atoms with Crippen LogP contribution in [0.4, 0.5) is 0 Å². The van der Waals surface area contributed by atoms with Crippen molar-refractivity contribution in [1.82, 2.24) is 0 Å². The highest BCUT2D eigenvalue weighted by Gasteiger charge is 2.02. The maximum atomic E-state index is 10.1. The molecule has 0 amide bonds. The van der Waals surface area contributed by atoms with Crippen LogP contribution in [-0.2, 0) is 4.79 Å². The average molecular weight is 156 g/mol. The molecule has 0 bridgehead atoms. The van der Waals surface area contributed by atoms with Crippen LogP contribution < -0.4 is 0 Å². The first-order valence-corrected chi connectivity index (χ1v) is 3.81. The van der Waals surface area contributed by atoms with Crippen molar-refractivity contribution in [3.63, 3.8) is 0 Å². The fourth-order valence-electron chi connectivity index (χ4n) is 0.644. The molecule has 0 saturated heterocycles. The van der Waals surface area contributed by atoms with Crippen LogP contribution >= 0.6 is 0 Å². The van der Waals surface area contributed by atoms with Crippen molar-refractivity contribution in [2.24, 2.45) is 5.41 Å². The monoisotopic (exact) mass is 156 g/mol. The molecule has 0 aliphatic heterocycles.